The summed E-state index contributed by atoms with van der Waals surface area (Å²) in [5, 5.41) is 2.69. The highest BCUT2D eigenvalue weighted by Crippen LogP contribution is 2.22. The monoisotopic (exact) mass is 350 g/mol. The summed E-state index contributed by atoms with van der Waals surface area (Å²) in [5.74, 6) is -1.24. The van der Waals surface area contributed by atoms with Gasteiger partial charge in [0.2, 0.25) is 15.9 Å². The minimum Gasteiger partial charge on any atom is -0.324 e. The van der Waals surface area contributed by atoms with Crippen molar-refractivity contribution in [3.63, 3.8) is 0 Å². The molecule has 128 valence electrons. The van der Waals surface area contributed by atoms with Gasteiger partial charge in [0.1, 0.15) is 12.4 Å². The number of nitrogens with zero attached hydrogens (tertiary/aromatic N) is 1. The summed E-state index contributed by atoms with van der Waals surface area (Å²) >= 11 is 0. The third-order valence-electron chi connectivity index (χ3n) is 3.48. The summed E-state index contributed by atoms with van der Waals surface area (Å²) in [6.07, 6.45) is 1.66. The Balaban J connectivity index is 2.25. The second-order valence-corrected chi connectivity index (χ2v) is 7.19. The van der Waals surface area contributed by atoms with Crippen LogP contribution in [0.4, 0.5) is 15.8 Å². The van der Waals surface area contributed by atoms with E-state index in [0.717, 1.165) is 28.6 Å². The molecule has 24 heavy (non-hydrogen) atoms. The number of nitrogens with one attached hydrogen (secondary N) is 1. The van der Waals surface area contributed by atoms with Gasteiger partial charge in [0, 0.05) is 5.69 Å². The summed E-state index contributed by atoms with van der Waals surface area (Å²) < 4.78 is 38.6. The smallest absolute Gasteiger partial charge is 0.245 e. The van der Waals surface area contributed by atoms with E-state index >= 15 is 0 Å². The molecule has 0 radical (unpaired) electrons. The Morgan fingerprint density at radius 2 is 1.75 bits per heavy atom. The van der Waals surface area contributed by atoms with Gasteiger partial charge in [0.25, 0.3) is 0 Å². The van der Waals surface area contributed by atoms with Crippen molar-refractivity contribution in [2.45, 2.75) is 13.3 Å². The lowest BCUT2D eigenvalue weighted by molar-refractivity contribution is -0.114. The molecule has 2 aromatic carbocycles. The van der Waals surface area contributed by atoms with Crippen LogP contribution in [0.15, 0.2) is 48.5 Å². The molecule has 0 bridgehead atoms. The fourth-order valence-corrected chi connectivity index (χ4v) is 3.16. The molecule has 7 heteroatoms. The largest absolute Gasteiger partial charge is 0.324 e. The van der Waals surface area contributed by atoms with Crippen LogP contribution in [0.3, 0.4) is 0 Å². The number of amides is 1. The Labute approximate surface area is 141 Å². The lowest BCUT2D eigenvalue weighted by Crippen LogP contribution is -2.38. The predicted molar refractivity (Wildman–Crippen MR) is 93.0 cm³/mol. The molecule has 5 nitrogen and oxygen atoms in total. The van der Waals surface area contributed by atoms with Gasteiger partial charge < -0.3 is 5.32 Å². The first-order chi connectivity index (χ1) is 11.3. The van der Waals surface area contributed by atoms with Crippen molar-refractivity contribution in [1.82, 2.24) is 0 Å². The zero-order valence-corrected chi connectivity index (χ0v) is 14.3. The van der Waals surface area contributed by atoms with Crippen LogP contribution in [-0.2, 0) is 21.2 Å². The molecule has 0 spiro atoms. The molecule has 0 aliphatic rings. The first kappa shape index (κ1) is 17.9. The molecule has 0 saturated carbocycles. The number of anilines is 2. The number of aryl methyl sites for hydroxylation is 1. The first-order valence-electron chi connectivity index (χ1n) is 7.43. The Bertz CT molecular complexity index is 837. The summed E-state index contributed by atoms with van der Waals surface area (Å²) in [4.78, 5) is 12.3. The Kier molecular flexibility index (Phi) is 5.56. The molecule has 0 heterocycles. The highest BCUT2D eigenvalue weighted by Gasteiger charge is 2.23. The molecule has 2 rings (SSSR count). The summed E-state index contributed by atoms with van der Waals surface area (Å²) in [6.45, 7) is 1.45. The van der Waals surface area contributed by atoms with Crippen molar-refractivity contribution < 1.29 is 17.6 Å². The van der Waals surface area contributed by atoms with E-state index < -0.39 is 28.3 Å². The number of hydrogen-bond donors (Lipinski definition) is 1. The minimum absolute atomic E-state index is 0.154. The van der Waals surface area contributed by atoms with Crippen LogP contribution in [0.25, 0.3) is 0 Å². The number of benzene rings is 2. The first-order valence-corrected chi connectivity index (χ1v) is 9.27. The number of carbonyl (C=O) groups is 1. The van der Waals surface area contributed by atoms with Crippen LogP contribution >= 0.6 is 0 Å². The zero-order chi connectivity index (χ0) is 17.7. The average Bonchev–Trinajstić information content (AvgIpc) is 2.53. The summed E-state index contributed by atoms with van der Waals surface area (Å²) in [6, 6.07) is 12.7. The Morgan fingerprint density at radius 1 is 1.12 bits per heavy atom. The number of para-hydroxylation sites is 2. The third kappa shape index (κ3) is 4.32. The van der Waals surface area contributed by atoms with Crippen LogP contribution < -0.4 is 9.62 Å². The highest BCUT2D eigenvalue weighted by molar-refractivity contribution is 7.92. The molecule has 0 atom stereocenters. The molecule has 0 aliphatic carbocycles. The molecule has 1 N–H and O–H groups in total. The fourth-order valence-electron chi connectivity index (χ4n) is 2.31. The SMILES string of the molecule is CCc1ccccc1NC(=O)CN(c1ccccc1F)S(C)(=O)=O. The number of halogens is 1. The minimum atomic E-state index is -3.81. The Morgan fingerprint density at radius 3 is 2.38 bits per heavy atom. The van der Waals surface area contributed by atoms with Crippen molar-refractivity contribution in [3.8, 4) is 0 Å². The van der Waals surface area contributed by atoms with Gasteiger partial charge in [-0.1, -0.05) is 37.3 Å². The quantitative estimate of drug-likeness (QED) is 0.871. The van der Waals surface area contributed by atoms with Crippen molar-refractivity contribution in [2.24, 2.45) is 0 Å². The predicted octanol–water partition coefficient (Wildman–Crippen LogP) is 2.79. The van der Waals surface area contributed by atoms with E-state index in [1.165, 1.54) is 18.2 Å². The average molecular weight is 350 g/mol. The van der Waals surface area contributed by atoms with Crippen LogP contribution in [0.5, 0.6) is 0 Å². The van der Waals surface area contributed by atoms with Crippen LogP contribution in [0.2, 0.25) is 0 Å². The normalized spacial score (nSPS) is 11.1. The highest BCUT2D eigenvalue weighted by atomic mass is 32.2. The van der Waals surface area contributed by atoms with E-state index in [9.17, 15) is 17.6 Å². The lowest BCUT2D eigenvalue weighted by atomic mass is 10.1. The molecule has 0 aromatic heterocycles. The molecule has 0 aliphatic heterocycles. The molecule has 1 amide bonds. The van der Waals surface area contributed by atoms with Crippen molar-refractivity contribution in [2.75, 3.05) is 22.4 Å². The maximum absolute atomic E-state index is 13.9. The number of sulfonamides is 1. The molecule has 0 unspecified atom stereocenters. The summed E-state index contributed by atoms with van der Waals surface area (Å²) in [5.41, 5.74) is 1.40. The van der Waals surface area contributed by atoms with Crippen LogP contribution in [0.1, 0.15) is 12.5 Å². The van der Waals surface area contributed by atoms with Crippen molar-refractivity contribution in [3.05, 3.63) is 59.9 Å². The van der Waals surface area contributed by atoms with E-state index in [1.807, 2.05) is 19.1 Å². The van der Waals surface area contributed by atoms with Gasteiger partial charge in [-0.2, -0.15) is 0 Å². The number of hydrogen-bond acceptors (Lipinski definition) is 3. The Hall–Kier alpha value is -2.41. The summed E-state index contributed by atoms with van der Waals surface area (Å²) in [7, 11) is -3.81. The second-order valence-electron chi connectivity index (χ2n) is 5.28. The van der Waals surface area contributed by atoms with Crippen LogP contribution in [-0.4, -0.2) is 27.1 Å². The van der Waals surface area contributed by atoms with Crippen molar-refractivity contribution in [1.29, 1.82) is 0 Å². The van der Waals surface area contributed by atoms with E-state index in [-0.39, 0.29) is 5.69 Å². The molecule has 0 saturated heterocycles. The van der Waals surface area contributed by atoms with Crippen LogP contribution in [0, 0.1) is 5.82 Å². The van der Waals surface area contributed by atoms with Gasteiger partial charge in [-0.05, 0) is 30.2 Å². The topological polar surface area (TPSA) is 66.5 Å². The zero-order valence-electron chi connectivity index (χ0n) is 13.5. The number of rotatable bonds is 6. The van der Waals surface area contributed by atoms with Crippen molar-refractivity contribution >= 4 is 27.3 Å². The van der Waals surface area contributed by atoms with E-state index in [1.54, 1.807) is 12.1 Å². The fraction of sp³-hybridized carbons (Fsp3) is 0.235. The van der Waals surface area contributed by atoms with Gasteiger partial charge in [0.05, 0.1) is 11.9 Å². The standard InChI is InChI=1S/C17H19FN2O3S/c1-3-13-8-4-6-10-15(13)19-17(21)12-20(24(2,22)23)16-11-7-5-9-14(16)18/h4-11H,3,12H2,1-2H3,(H,19,21). The van der Waals surface area contributed by atoms with Gasteiger partial charge >= 0.3 is 0 Å². The van der Waals surface area contributed by atoms with E-state index in [0.29, 0.717) is 5.69 Å². The molecule has 2 aromatic rings. The van der Waals surface area contributed by atoms with E-state index in [4.69, 9.17) is 0 Å². The molecular formula is C17H19FN2O3S. The lowest BCUT2D eigenvalue weighted by Gasteiger charge is -2.22. The second kappa shape index (κ2) is 7.44. The maximum atomic E-state index is 13.9. The molecular weight excluding hydrogens is 331 g/mol. The van der Waals surface area contributed by atoms with Gasteiger partial charge in [-0.25, -0.2) is 12.8 Å². The van der Waals surface area contributed by atoms with Gasteiger partial charge in [-0.15, -0.1) is 0 Å². The third-order valence-corrected chi connectivity index (χ3v) is 4.61. The number of carbonyl (C=O) groups excluding carboxylic acids is 1. The van der Waals surface area contributed by atoms with E-state index in [2.05, 4.69) is 5.32 Å². The maximum Gasteiger partial charge on any atom is 0.245 e. The van der Waals surface area contributed by atoms with Gasteiger partial charge in [-0.3, -0.25) is 9.10 Å². The molecule has 0 fully saturated rings. The van der Waals surface area contributed by atoms with Gasteiger partial charge in [0.15, 0.2) is 0 Å².